The Labute approximate surface area is 116 Å². The van der Waals surface area contributed by atoms with E-state index < -0.39 is 17.5 Å². The molecule has 1 fully saturated rings. The summed E-state index contributed by atoms with van der Waals surface area (Å²) in [6, 6.07) is 1.97. The van der Waals surface area contributed by atoms with Gasteiger partial charge in [0.2, 0.25) is 0 Å². The normalized spacial score (nSPS) is 22.5. The van der Waals surface area contributed by atoms with Crippen LogP contribution in [0.3, 0.4) is 0 Å². The average Bonchev–Trinajstić information content (AvgIpc) is 2.76. The predicted octanol–water partition coefficient (Wildman–Crippen LogP) is 3.41. The molecule has 0 heterocycles. The number of nitrogens with one attached hydrogen (secondary N) is 1. The molecule has 0 saturated heterocycles. The Morgan fingerprint density at radius 2 is 2.11 bits per heavy atom. The molecule has 1 aliphatic carbocycles. The van der Waals surface area contributed by atoms with Crippen molar-refractivity contribution in [3.05, 3.63) is 34.9 Å². The van der Waals surface area contributed by atoms with Gasteiger partial charge in [0, 0.05) is 18.0 Å². The Morgan fingerprint density at radius 3 is 2.74 bits per heavy atom. The van der Waals surface area contributed by atoms with E-state index in [0.29, 0.717) is 6.54 Å². The van der Waals surface area contributed by atoms with Gasteiger partial charge in [-0.1, -0.05) is 6.42 Å². The second-order valence-electron chi connectivity index (χ2n) is 5.00. The molecule has 1 N–H and O–H groups in total. The SMILES string of the molecule is Cc1cc(C(=O)NCC2CCCC2Cl)c(F)cc1F. The molecular formula is C14H16ClF2NO. The average molecular weight is 288 g/mol. The molecule has 1 aliphatic rings. The summed E-state index contributed by atoms with van der Waals surface area (Å²) in [6.45, 7) is 1.93. The summed E-state index contributed by atoms with van der Waals surface area (Å²) < 4.78 is 26.6. The molecule has 19 heavy (non-hydrogen) atoms. The molecule has 2 rings (SSSR count). The molecule has 1 amide bonds. The second-order valence-corrected chi connectivity index (χ2v) is 5.56. The Balaban J connectivity index is 2.02. The van der Waals surface area contributed by atoms with Crippen LogP contribution in [0.2, 0.25) is 0 Å². The highest BCUT2D eigenvalue weighted by Gasteiger charge is 2.26. The van der Waals surface area contributed by atoms with E-state index in [-0.39, 0.29) is 22.4 Å². The summed E-state index contributed by atoms with van der Waals surface area (Å²) in [5, 5.41) is 2.74. The summed E-state index contributed by atoms with van der Waals surface area (Å²) in [7, 11) is 0. The number of alkyl halides is 1. The molecule has 0 bridgehead atoms. The van der Waals surface area contributed by atoms with Crippen LogP contribution in [0.15, 0.2) is 12.1 Å². The van der Waals surface area contributed by atoms with Crippen LogP contribution in [0.5, 0.6) is 0 Å². The first-order valence-electron chi connectivity index (χ1n) is 6.37. The molecule has 0 aliphatic heterocycles. The molecule has 1 aromatic carbocycles. The lowest BCUT2D eigenvalue weighted by molar-refractivity contribution is 0.0943. The van der Waals surface area contributed by atoms with Gasteiger partial charge in [-0.2, -0.15) is 0 Å². The van der Waals surface area contributed by atoms with Crippen LogP contribution in [0, 0.1) is 24.5 Å². The second kappa shape index (κ2) is 5.87. The Bertz CT molecular complexity index is 493. The summed E-state index contributed by atoms with van der Waals surface area (Å²) in [5.74, 6) is -1.77. The maximum absolute atomic E-state index is 13.5. The number of rotatable bonds is 3. The number of hydrogen-bond donors (Lipinski definition) is 1. The van der Waals surface area contributed by atoms with E-state index in [9.17, 15) is 13.6 Å². The molecule has 2 atom stereocenters. The minimum atomic E-state index is -0.838. The van der Waals surface area contributed by atoms with Crippen LogP contribution in [-0.2, 0) is 0 Å². The fourth-order valence-electron chi connectivity index (χ4n) is 2.37. The number of carbonyl (C=O) groups is 1. The highest BCUT2D eigenvalue weighted by molar-refractivity contribution is 6.21. The summed E-state index contributed by atoms with van der Waals surface area (Å²) >= 11 is 6.11. The van der Waals surface area contributed by atoms with Crippen molar-refractivity contribution in [2.45, 2.75) is 31.6 Å². The fraction of sp³-hybridized carbons (Fsp3) is 0.500. The Morgan fingerprint density at radius 1 is 1.37 bits per heavy atom. The van der Waals surface area contributed by atoms with E-state index in [0.717, 1.165) is 25.3 Å². The number of benzene rings is 1. The van der Waals surface area contributed by atoms with E-state index >= 15 is 0 Å². The molecule has 104 valence electrons. The number of halogens is 3. The molecule has 1 aromatic rings. The van der Waals surface area contributed by atoms with Crippen molar-refractivity contribution in [3.8, 4) is 0 Å². The first kappa shape index (κ1) is 14.3. The van der Waals surface area contributed by atoms with Gasteiger partial charge in [0.05, 0.1) is 5.56 Å². The first-order chi connectivity index (χ1) is 8.99. The number of carbonyl (C=O) groups excluding carboxylic acids is 1. The molecule has 5 heteroatoms. The topological polar surface area (TPSA) is 29.1 Å². The third-order valence-electron chi connectivity index (χ3n) is 3.58. The largest absolute Gasteiger partial charge is 0.352 e. The minimum absolute atomic E-state index is 0.0695. The van der Waals surface area contributed by atoms with Crippen molar-refractivity contribution < 1.29 is 13.6 Å². The van der Waals surface area contributed by atoms with Gasteiger partial charge < -0.3 is 5.32 Å². The van der Waals surface area contributed by atoms with Gasteiger partial charge in [-0.3, -0.25) is 4.79 Å². The minimum Gasteiger partial charge on any atom is -0.352 e. The van der Waals surface area contributed by atoms with Crippen LogP contribution < -0.4 is 5.32 Å². The number of aryl methyl sites for hydroxylation is 1. The van der Waals surface area contributed by atoms with Crippen molar-refractivity contribution >= 4 is 17.5 Å². The Kier molecular flexibility index (Phi) is 4.40. The lowest BCUT2D eigenvalue weighted by Crippen LogP contribution is -2.31. The van der Waals surface area contributed by atoms with Crippen molar-refractivity contribution in [2.75, 3.05) is 6.54 Å². The lowest BCUT2D eigenvalue weighted by atomic mass is 10.1. The highest BCUT2D eigenvalue weighted by atomic mass is 35.5. The van der Waals surface area contributed by atoms with Crippen LogP contribution >= 0.6 is 11.6 Å². The number of amides is 1. The zero-order chi connectivity index (χ0) is 14.0. The van der Waals surface area contributed by atoms with Crippen molar-refractivity contribution in [1.29, 1.82) is 0 Å². The fourth-order valence-corrected chi connectivity index (χ4v) is 2.74. The van der Waals surface area contributed by atoms with E-state index in [1.165, 1.54) is 13.0 Å². The smallest absolute Gasteiger partial charge is 0.254 e. The number of hydrogen-bond acceptors (Lipinski definition) is 1. The summed E-state index contributed by atoms with van der Waals surface area (Å²) in [5.41, 5.74) is 0.130. The third-order valence-corrected chi connectivity index (χ3v) is 4.16. The van der Waals surface area contributed by atoms with Crippen LogP contribution in [0.25, 0.3) is 0 Å². The first-order valence-corrected chi connectivity index (χ1v) is 6.80. The predicted molar refractivity (Wildman–Crippen MR) is 70.4 cm³/mol. The maximum Gasteiger partial charge on any atom is 0.254 e. The van der Waals surface area contributed by atoms with E-state index in [2.05, 4.69) is 5.32 Å². The van der Waals surface area contributed by atoms with Crippen molar-refractivity contribution in [1.82, 2.24) is 5.32 Å². The lowest BCUT2D eigenvalue weighted by Gasteiger charge is -2.14. The summed E-state index contributed by atoms with van der Waals surface area (Å²) in [4.78, 5) is 11.9. The molecule has 0 radical (unpaired) electrons. The van der Waals surface area contributed by atoms with Gasteiger partial charge in [-0.25, -0.2) is 8.78 Å². The van der Waals surface area contributed by atoms with Crippen LogP contribution in [0.1, 0.15) is 35.2 Å². The zero-order valence-electron chi connectivity index (χ0n) is 10.7. The zero-order valence-corrected chi connectivity index (χ0v) is 11.4. The quantitative estimate of drug-likeness (QED) is 0.848. The molecule has 2 unspecified atom stereocenters. The maximum atomic E-state index is 13.5. The third kappa shape index (κ3) is 3.24. The Hall–Kier alpha value is -1.16. The molecular weight excluding hydrogens is 272 g/mol. The van der Waals surface area contributed by atoms with Gasteiger partial charge in [0.1, 0.15) is 11.6 Å². The van der Waals surface area contributed by atoms with Gasteiger partial charge >= 0.3 is 0 Å². The summed E-state index contributed by atoms with van der Waals surface area (Å²) in [6.07, 6.45) is 2.98. The van der Waals surface area contributed by atoms with Gasteiger partial charge in [0.25, 0.3) is 5.91 Å². The van der Waals surface area contributed by atoms with Gasteiger partial charge in [0.15, 0.2) is 0 Å². The van der Waals surface area contributed by atoms with E-state index in [1.807, 2.05) is 0 Å². The molecule has 0 aromatic heterocycles. The van der Waals surface area contributed by atoms with Gasteiger partial charge in [-0.15, -0.1) is 11.6 Å². The van der Waals surface area contributed by atoms with Crippen molar-refractivity contribution in [2.24, 2.45) is 5.92 Å². The van der Waals surface area contributed by atoms with Crippen LogP contribution in [0.4, 0.5) is 8.78 Å². The van der Waals surface area contributed by atoms with E-state index in [1.54, 1.807) is 0 Å². The van der Waals surface area contributed by atoms with Gasteiger partial charge in [-0.05, 0) is 37.3 Å². The molecule has 0 spiro atoms. The molecule has 1 saturated carbocycles. The standard InChI is InChI=1S/C14H16ClF2NO/c1-8-5-10(13(17)6-12(8)16)14(19)18-7-9-3-2-4-11(9)15/h5-6,9,11H,2-4,7H2,1H3,(H,18,19). The van der Waals surface area contributed by atoms with Crippen molar-refractivity contribution in [3.63, 3.8) is 0 Å². The monoisotopic (exact) mass is 287 g/mol. The highest BCUT2D eigenvalue weighted by Crippen LogP contribution is 2.29. The van der Waals surface area contributed by atoms with E-state index in [4.69, 9.17) is 11.6 Å². The molecule has 2 nitrogen and oxygen atoms in total. The van der Waals surface area contributed by atoms with Crippen LogP contribution in [-0.4, -0.2) is 17.8 Å².